The molecule has 1 unspecified atom stereocenters. The van der Waals surface area contributed by atoms with Gasteiger partial charge < -0.3 is 10.4 Å². The highest BCUT2D eigenvalue weighted by Crippen LogP contribution is 2.13. The fourth-order valence-electron chi connectivity index (χ4n) is 1.50. The van der Waals surface area contributed by atoms with Crippen molar-refractivity contribution < 1.29 is 9.90 Å². The van der Waals surface area contributed by atoms with Crippen molar-refractivity contribution in [1.29, 1.82) is 0 Å². The predicted octanol–water partition coefficient (Wildman–Crippen LogP) is 2.37. The Hall–Kier alpha value is -1.35. The summed E-state index contributed by atoms with van der Waals surface area (Å²) in [5.74, 6) is -1.11. The summed E-state index contributed by atoms with van der Waals surface area (Å²) in [6, 6.07) is 8.42. The third kappa shape index (κ3) is 3.66. The molecule has 3 heteroatoms. The van der Waals surface area contributed by atoms with E-state index >= 15 is 0 Å². The number of aliphatic carboxylic acids is 1. The molecule has 88 valence electrons. The first kappa shape index (κ1) is 12.7. The average Bonchev–Trinajstić information content (AvgIpc) is 2.25. The lowest BCUT2D eigenvalue weighted by Gasteiger charge is -2.16. The smallest absolute Gasteiger partial charge is 0.307 e. The van der Waals surface area contributed by atoms with Crippen molar-refractivity contribution >= 4 is 5.97 Å². The molecule has 0 bridgehead atoms. The van der Waals surface area contributed by atoms with Gasteiger partial charge in [0.25, 0.3) is 0 Å². The molecule has 0 aliphatic rings. The van der Waals surface area contributed by atoms with E-state index in [2.05, 4.69) is 30.4 Å². The minimum Gasteiger partial charge on any atom is -0.481 e. The molecule has 0 saturated carbocycles. The van der Waals surface area contributed by atoms with Crippen LogP contribution in [0.3, 0.4) is 0 Å². The van der Waals surface area contributed by atoms with E-state index in [1.54, 1.807) is 6.92 Å². The molecule has 16 heavy (non-hydrogen) atoms. The zero-order chi connectivity index (χ0) is 12.1. The van der Waals surface area contributed by atoms with Crippen LogP contribution in [0.2, 0.25) is 0 Å². The monoisotopic (exact) mass is 221 g/mol. The highest BCUT2D eigenvalue weighted by Gasteiger charge is 2.12. The summed E-state index contributed by atoms with van der Waals surface area (Å²) in [6.07, 6.45) is 0. The van der Waals surface area contributed by atoms with Crippen molar-refractivity contribution in [1.82, 2.24) is 5.32 Å². The second kappa shape index (κ2) is 5.66. The number of hydrogen-bond acceptors (Lipinski definition) is 2. The summed E-state index contributed by atoms with van der Waals surface area (Å²) < 4.78 is 0. The number of carboxylic acid groups (broad SMARTS) is 1. The van der Waals surface area contributed by atoms with Gasteiger partial charge in [0.05, 0.1) is 5.92 Å². The van der Waals surface area contributed by atoms with Crippen molar-refractivity contribution in [3.8, 4) is 0 Å². The fraction of sp³-hybridized carbons (Fsp3) is 0.462. The molecule has 0 amide bonds. The van der Waals surface area contributed by atoms with Crippen molar-refractivity contribution in [2.75, 3.05) is 6.54 Å². The fourth-order valence-corrected chi connectivity index (χ4v) is 1.50. The van der Waals surface area contributed by atoms with Gasteiger partial charge in [-0.3, -0.25) is 4.79 Å². The number of hydrogen-bond donors (Lipinski definition) is 2. The van der Waals surface area contributed by atoms with E-state index in [9.17, 15) is 4.79 Å². The maximum atomic E-state index is 10.7. The Morgan fingerprint density at radius 1 is 1.44 bits per heavy atom. The van der Waals surface area contributed by atoms with Gasteiger partial charge >= 0.3 is 5.97 Å². The van der Waals surface area contributed by atoms with Crippen LogP contribution in [0.4, 0.5) is 0 Å². The lowest BCUT2D eigenvalue weighted by Crippen LogP contribution is -2.28. The summed E-state index contributed by atoms with van der Waals surface area (Å²) in [4.78, 5) is 10.7. The molecule has 0 fully saturated rings. The molecular weight excluding hydrogens is 202 g/mol. The Morgan fingerprint density at radius 3 is 2.69 bits per heavy atom. The molecule has 3 nitrogen and oxygen atoms in total. The van der Waals surface area contributed by atoms with E-state index in [1.165, 1.54) is 11.1 Å². The Bertz CT molecular complexity index is 363. The first-order chi connectivity index (χ1) is 7.50. The minimum atomic E-state index is -0.760. The van der Waals surface area contributed by atoms with E-state index in [0.717, 1.165) is 0 Å². The largest absolute Gasteiger partial charge is 0.481 e. The van der Waals surface area contributed by atoms with Crippen molar-refractivity contribution in [3.05, 3.63) is 35.4 Å². The molecule has 0 aromatic heterocycles. The first-order valence-electron chi connectivity index (χ1n) is 5.53. The molecule has 1 rings (SSSR count). The average molecular weight is 221 g/mol. The second-order valence-electron chi connectivity index (χ2n) is 4.28. The normalized spacial score (nSPS) is 14.4. The second-order valence-corrected chi connectivity index (χ2v) is 4.28. The quantitative estimate of drug-likeness (QED) is 0.802. The molecule has 2 atom stereocenters. The molecule has 0 radical (unpaired) electrons. The number of benzene rings is 1. The maximum absolute atomic E-state index is 10.7. The van der Waals surface area contributed by atoms with E-state index in [-0.39, 0.29) is 12.0 Å². The minimum absolute atomic E-state index is 0.182. The molecular formula is C13H19NO2. The number of rotatable bonds is 5. The van der Waals surface area contributed by atoms with Gasteiger partial charge in [0.1, 0.15) is 0 Å². The van der Waals surface area contributed by atoms with E-state index < -0.39 is 5.97 Å². The number of carbonyl (C=O) groups is 1. The van der Waals surface area contributed by atoms with Crippen molar-refractivity contribution in [2.45, 2.75) is 26.8 Å². The maximum Gasteiger partial charge on any atom is 0.307 e. The van der Waals surface area contributed by atoms with E-state index in [4.69, 9.17) is 5.11 Å². The van der Waals surface area contributed by atoms with Gasteiger partial charge in [0, 0.05) is 12.6 Å². The van der Waals surface area contributed by atoms with Gasteiger partial charge in [-0.2, -0.15) is 0 Å². The zero-order valence-electron chi connectivity index (χ0n) is 10.0. The third-order valence-corrected chi connectivity index (χ3v) is 2.69. The molecule has 0 heterocycles. The topological polar surface area (TPSA) is 49.3 Å². The van der Waals surface area contributed by atoms with Gasteiger partial charge in [-0.1, -0.05) is 36.8 Å². The van der Waals surface area contributed by atoms with Crippen LogP contribution in [0.1, 0.15) is 31.0 Å². The molecule has 0 spiro atoms. The lowest BCUT2D eigenvalue weighted by molar-refractivity contribution is -0.140. The van der Waals surface area contributed by atoms with Crippen LogP contribution in [0.15, 0.2) is 24.3 Å². The first-order valence-corrected chi connectivity index (χ1v) is 5.53. The van der Waals surface area contributed by atoms with Gasteiger partial charge in [0.2, 0.25) is 0 Å². The molecule has 0 saturated heterocycles. The lowest BCUT2D eigenvalue weighted by atomic mass is 10.1. The molecule has 1 aromatic carbocycles. The highest BCUT2D eigenvalue weighted by molar-refractivity contribution is 5.69. The molecule has 2 N–H and O–H groups in total. The van der Waals surface area contributed by atoms with Crippen LogP contribution < -0.4 is 5.32 Å². The highest BCUT2D eigenvalue weighted by atomic mass is 16.4. The summed E-state index contributed by atoms with van der Waals surface area (Å²) in [5.41, 5.74) is 2.41. The summed E-state index contributed by atoms with van der Waals surface area (Å²) in [7, 11) is 0. The van der Waals surface area contributed by atoms with Crippen LogP contribution in [-0.2, 0) is 4.79 Å². The standard InChI is InChI=1S/C13H19NO2/c1-9-5-4-6-12(7-9)11(3)14-8-10(2)13(15)16/h4-7,10-11,14H,8H2,1-3H3,(H,15,16)/t10?,11-/m0/s1. The van der Waals surface area contributed by atoms with Gasteiger partial charge in [-0.05, 0) is 19.4 Å². The van der Waals surface area contributed by atoms with Crippen LogP contribution in [0.5, 0.6) is 0 Å². The van der Waals surface area contributed by atoms with Crippen molar-refractivity contribution in [2.24, 2.45) is 5.92 Å². The van der Waals surface area contributed by atoms with Crippen LogP contribution in [0.25, 0.3) is 0 Å². The van der Waals surface area contributed by atoms with Gasteiger partial charge in [-0.25, -0.2) is 0 Å². The van der Waals surface area contributed by atoms with Gasteiger partial charge in [0.15, 0.2) is 0 Å². The summed E-state index contributed by atoms with van der Waals surface area (Å²) >= 11 is 0. The number of aryl methyl sites for hydroxylation is 1. The third-order valence-electron chi connectivity index (χ3n) is 2.69. The Balaban J connectivity index is 2.52. The summed E-state index contributed by atoms with van der Waals surface area (Å²) in [5, 5.41) is 12.0. The SMILES string of the molecule is Cc1cccc([C@H](C)NCC(C)C(=O)O)c1. The summed E-state index contributed by atoms with van der Waals surface area (Å²) in [6.45, 7) is 6.29. The van der Waals surface area contributed by atoms with Crippen LogP contribution in [0, 0.1) is 12.8 Å². The molecule has 0 aliphatic carbocycles. The Morgan fingerprint density at radius 2 is 2.12 bits per heavy atom. The number of carboxylic acids is 1. The Kier molecular flexibility index (Phi) is 4.50. The molecule has 1 aromatic rings. The number of nitrogens with one attached hydrogen (secondary N) is 1. The van der Waals surface area contributed by atoms with Crippen LogP contribution in [-0.4, -0.2) is 17.6 Å². The predicted molar refractivity (Wildman–Crippen MR) is 64.4 cm³/mol. The molecule has 0 aliphatic heterocycles. The van der Waals surface area contributed by atoms with Crippen molar-refractivity contribution in [3.63, 3.8) is 0 Å². The van der Waals surface area contributed by atoms with Gasteiger partial charge in [-0.15, -0.1) is 0 Å². The zero-order valence-corrected chi connectivity index (χ0v) is 10.0. The Labute approximate surface area is 96.5 Å². The van der Waals surface area contributed by atoms with E-state index in [1.807, 2.05) is 13.0 Å². The van der Waals surface area contributed by atoms with E-state index in [0.29, 0.717) is 6.54 Å². The van der Waals surface area contributed by atoms with Crippen LogP contribution >= 0.6 is 0 Å².